The third-order valence-corrected chi connectivity index (χ3v) is 1.95. The second kappa shape index (κ2) is 5.22. The van der Waals surface area contributed by atoms with E-state index in [0.29, 0.717) is 5.56 Å². The van der Waals surface area contributed by atoms with E-state index in [1.54, 1.807) is 12.1 Å². The second-order valence-corrected chi connectivity index (χ2v) is 2.90. The fraction of sp³-hybridized carbons (Fsp3) is 0.250. The molecule has 0 saturated carbocycles. The van der Waals surface area contributed by atoms with Crippen molar-refractivity contribution in [3.63, 3.8) is 0 Å². The summed E-state index contributed by atoms with van der Waals surface area (Å²) in [6, 6.07) is 7.47. The summed E-state index contributed by atoms with van der Waals surface area (Å²) in [5, 5.41) is 0. The molecule has 0 spiro atoms. The maximum atomic E-state index is 11.5. The number of rotatable bonds is 4. The smallest absolute Gasteiger partial charge is 0.338 e. The van der Waals surface area contributed by atoms with Crippen molar-refractivity contribution in [2.24, 2.45) is 0 Å². The highest BCUT2D eigenvalue weighted by atomic mass is 16.5. The predicted molar refractivity (Wildman–Crippen MR) is 56.3 cm³/mol. The molecule has 1 aromatic carbocycles. The van der Waals surface area contributed by atoms with Crippen LogP contribution in [0.1, 0.15) is 22.8 Å². The summed E-state index contributed by atoms with van der Waals surface area (Å²) in [5.41, 5.74) is 1.67. The molecule has 0 bridgehead atoms. The van der Waals surface area contributed by atoms with Crippen molar-refractivity contribution in [1.82, 2.24) is 0 Å². The lowest BCUT2D eigenvalue weighted by molar-refractivity contribution is 0.0548. The largest absolute Gasteiger partial charge is 0.458 e. The molecule has 14 heavy (non-hydrogen) atoms. The monoisotopic (exact) mass is 190 g/mol. The fourth-order valence-electron chi connectivity index (χ4n) is 1.24. The minimum absolute atomic E-state index is 0.261. The average molecular weight is 190 g/mol. The van der Waals surface area contributed by atoms with Gasteiger partial charge in [-0.3, -0.25) is 0 Å². The number of benzene rings is 1. The molecule has 0 fully saturated rings. The molecule has 74 valence electrons. The number of esters is 1. The van der Waals surface area contributed by atoms with E-state index >= 15 is 0 Å². The van der Waals surface area contributed by atoms with Crippen molar-refractivity contribution in [3.8, 4) is 0 Å². The summed E-state index contributed by atoms with van der Waals surface area (Å²) in [6.45, 7) is 5.77. The van der Waals surface area contributed by atoms with Crippen molar-refractivity contribution in [2.45, 2.75) is 13.3 Å². The molecule has 0 aliphatic heterocycles. The molecule has 0 heterocycles. The van der Waals surface area contributed by atoms with Crippen molar-refractivity contribution < 1.29 is 9.53 Å². The van der Waals surface area contributed by atoms with Gasteiger partial charge < -0.3 is 4.74 Å². The van der Waals surface area contributed by atoms with Gasteiger partial charge in [-0.2, -0.15) is 0 Å². The zero-order chi connectivity index (χ0) is 10.4. The molecule has 0 N–H and O–H groups in total. The molecule has 0 saturated heterocycles. The summed E-state index contributed by atoms with van der Waals surface area (Å²) >= 11 is 0. The number of aryl methyl sites for hydroxylation is 1. The van der Waals surface area contributed by atoms with Crippen LogP contribution in [0.2, 0.25) is 0 Å². The van der Waals surface area contributed by atoms with Crippen LogP contribution in [0, 0.1) is 0 Å². The Labute approximate surface area is 84.2 Å². The summed E-state index contributed by atoms with van der Waals surface area (Å²) in [4.78, 5) is 11.5. The predicted octanol–water partition coefficient (Wildman–Crippen LogP) is 2.59. The highest BCUT2D eigenvalue weighted by Gasteiger charge is 2.09. The van der Waals surface area contributed by atoms with Gasteiger partial charge in [-0.1, -0.05) is 37.8 Å². The van der Waals surface area contributed by atoms with Crippen LogP contribution < -0.4 is 0 Å². The van der Waals surface area contributed by atoms with Crippen LogP contribution >= 0.6 is 0 Å². The normalized spacial score (nSPS) is 9.50. The molecule has 1 rings (SSSR count). The summed E-state index contributed by atoms with van der Waals surface area (Å²) in [7, 11) is 0. The lowest BCUT2D eigenvalue weighted by Gasteiger charge is -2.06. The molecule has 0 unspecified atom stereocenters. The lowest BCUT2D eigenvalue weighted by atomic mass is 10.1. The summed E-state index contributed by atoms with van der Waals surface area (Å²) in [6.07, 6.45) is 2.39. The highest BCUT2D eigenvalue weighted by Crippen LogP contribution is 2.10. The van der Waals surface area contributed by atoms with Crippen LogP contribution in [0.15, 0.2) is 36.9 Å². The molecule has 2 heteroatoms. The van der Waals surface area contributed by atoms with E-state index in [9.17, 15) is 4.79 Å². The SMILES string of the molecule is C=CCOC(=O)c1ccccc1CC. The van der Waals surface area contributed by atoms with Crippen molar-refractivity contribution in [1.29, 1.82) is 0 Å². The zero-order valence-corrected chi connectivity index (χ0v) is 8.32. The van der Waals surface area contributed by atoms with E-state index in [4.69, 9.17) is 4.74 Å². The Balaban J connectivity index is 2.82. The lowest BCUT2D eigenvalue weighted by Crippen LogP contribution is -2.07. The molecule has 0 atom stereocenters. The van der Waals surface area contributed by atoms with Gasteiger partial charge in [-0.05, 0) is 18.1 Å². The van der Waals surface area contributed by atoms with Crippen molar-refractivity contribution >= 4 is 5.97 Å². The number of carbonyl (C=O) groups is 1. The molecule has 0 radical (unpaired) electrons. The van der Waals surface area contributed by atoms with Crippen molar-refractivity contribution in [2.75, 3.05) is 6.61 Å². The van der Waals surface area contributed by atoms with Crippen LogP contribution in [0.5, 0.6) is 0 Å². The maximum absolute atomic E-state index is 11.5. The molecular weight excluding hydrogens is 176 g/mol. The minimum atomic E-state index is -0.276. The summed E-state index contributed by atoms with van der Waals surface area (Å²) < 4.78 is 4.96. The Kier molecular flexibility index (Phi) is 3.92. The third-order valence-electron chi connectivity index (χ3n) is 1.95. The minimum Gasteiger partial charge on any atom is -0.458 e. The van der Waals surface area contributed by atoms with Crippen LogP contribution in [0.4, 0.5) is 0 Å². The van der Waals surface area contributed by atoms with E-state index in [1.165, 1.54) is 0 Å². The first-order valence-electron chi connectivity index (χ1n) is 4.65. The number of carbonyl (C=O) groups excluding carboxylic acids is 1. The van der Waals surface area contributed by atoms with Gasteiger partial charge in [0.1, 0.15) is 6.61 Å². The average Bonchev–Trinajstić information content (AvgIpc) is 2.25. The maximum Gasteiger partial charge on any atom is 0.338 e. The topological polar surface area (TPSA) is 26.3 Å². The Morgan fingerprint density at radius 1 is 1.50 bits per heavy atom. The van der Waals surface area contributed by atoms with Gasteiger partial charge in [0.25, 0.3) is 0 Å². The molecule has 0 aliphatic carbocycles. The van der Waals surface area contributed by atoms with Gasteiger partial charge in [0.15, 0.2) is 0 Å². The van der Waals surface area contributed by atoms with Gasteiger partial charge >= 0.3 is 5.97 Å². The van der Waals surface area contributed by atoms with E-state index < -0.39 is 0 Å². The van der Waals surface area contributed by atoms with Crippen LogP contribution in [0.3, 0.4) is 0 Å². The van der Waals surface area contributed by atoms with Gasteiger partial charge in [-0.25, -0.2) is 4.79 Å². The molecule has 2 nitrogen and oxygen atoms in total. The number of ether oxygens (including phenoxy) is 1. The van der Waals surface area contributed by atoms with E-state index in [-0.39, 0.29) is 12.6 Å². The van der Waals surface area contributed by atoms with Crippen molar-refractivity contribution in [3.05, 3.63) is 48.0 Å². The molecule has 0 aliphatic rings. The first-order chi connectivity index (χ1) is 6.79. The van der Waals surface area contributed by atoms with E-state index in [2.05, 4.69) is 6.58 Å². The molecular formula is C12H14O2. The summed E-state index contributed by atoms with van der Waals surface area (Å²) in [5.74, 6) is -0.276. The van der Waals surface area contributed by atoms with Crippen LogP contribution in [-0.4, -0.2) is 12.6 Å². The van der Waals surface area contributed by atoms with Crippen LogP contribution in [0.25, 0.3) is 0 Å². The van der Waals surface area contributed by atoms with Gasteiger partial charge in [0, 0.05) is 0 Å². The van der Waals surface area contributed by atoms with Gasteiger partial charge in [0.2, 0.25) is 0 Å². The van der Waals surface area contributed by atoms with Gasteiger partial charge in [-0.15, -0.1) is 0 Å². The Morgan fingerprint density at radius 2 is 2.21 bits per heavy atom. The highest BCUT2D eigenvalue weighted by molar-refractivity contribution is 5.91. The first-order valence-corrected chi connectivity index (χ1v) is 4.65. The molecule has 0 amide bonds. The standard InChI is InChI=1S/C12H14O2/c1-3-9-14-12(13)11-8-6-5-7-10(11)4-2/h3,5-8H,1,4,9H2,2H3. The number of hydrogen-bond donors (Lipinski definition) is 0. The second-order valence-electron chi connectivity index (χ2n) is 2.90. The quantitative estimate of drug-likeness (QED) is 0.539. The fourth-order valence-corrected chi connectivity index (χ4v) is 1.24. The first kappa shape index (κ1) is 10.5. The van der Waals surface area contributed by atoms with E-state index in [1.807, 2.05) is 25.1 Å². The Bertz CT molecular complexity index is 329. The molecule has 0 aromatic heterocycles. The van der Waals surface area contributed by atoms with E-state index in [0.717, 1.165) is 12.0 Å². The van der Waals surface area contributed by atoms with Gasteiger partial charge in [0.05, 0.1) is 5.56 Å². The number of hydrogen-bond acceptors (Lipinski definition) is 2. The zero-order valence-electron chi connectivity index (χ0n) is 8.32. The Morgan fingerprint density at radius 3 is 2.86 bits per heavy atom. The Hall–Kier alpha value is -1.57. The van der Waals surface area contributed by atoms with Crippen LogP contribution in [-0.2, 0) is 11.2 Å². The third kappa shape index (κ3) is 2.46. The molecule has 1 aromatic rings.